The molecule has 0 bridgehead atoms. The number of H-pyrrole nitrogens is 1. The Morgan fingerprint density at radius 3 is 2.80 bits per heavy atom. The lowest BCUT2D eigenvalue weighted by Crippen LogP contribution is -2.60. The Kier molecular flexibility index (Phi) is 5.45. The quantitative estimate of drug-likeness (QED) is 0.627. The number of hydrogen-bond acceptors (Lipinski definition) is 6. The van der Waals surface area contributed by atoms with E-state index in [4.69, 9.17) is 21.8 Å². The number of carbonyl (C=O) groups is 2. The maximum atomic E-state index is 12.8. The van der Waals surface area contributed by atoms with Crippen molar-refractivity contribution in [2.45, 2.75) is 12.5 Å². The molecule has 0 saturated carbocycles. The SMILES string of the molecule is NC(=O)C1CN(c2ccncc2)CCN1C(=O)[CH]Cc1cc(Cl)c2[nH]c(=O)oc2c1. The van der Waals surface area contributed by atoms with Crippen molar-refractivity contribution in [3.05, 3.63) is 64.2 Å². The zero-order valence-corrected chi connectivity index (χ0v) is 16.6. The lowest BCUT2D eigenvalue weighted by atomic mass is 10.1. The highest BCUT2D eigenvalue weighted by Gasteiger charge is 2.34. The summed E-state index contributed by atoms with van der Waals surface area (Å²) in [5, 5.41) is 0.329. The van der Waals surface area contributed by atoms with E-state index in [-0.39, 0.29) is 12.3 Å². The summed E-state index contributed by atoms with van der Waals surface area (Å²) in [5.74, 6) is -1.45. The molecule has 1 aliphatic rings. The second-order valence-electron chi connectivity index (χ2n) is 6.97. The molecule has 1 atom stereocenters. The highest BCUT2D eigenvalue weighted by atomic mass is 35.5. The first kappa shape index (κ1) is 20.0. The molecule has 1 unspecified atom stereocenters. The van der Waals surface area contributed by atoms with Gasteiger partial charge in [-0.1, -0.05) is 11.6 Å². The number of nitrogens with two attached hydrogens (primary N) is 1. The average molecular weight is 429 g/mol. The van der Waals surface area contributed by atoms with Gasteiger partial charge in [0.05, 0.1) is 11.4 Å². The smallest absolute Gasteiger partial charge is 0.408 e. The summed E-state index contributed by atoms with van der Waals surface area (Å²) in [4.78, 5) is 46.2. The number of pyridine rings is 1. The summed E-state index contributed by atoms with van der Waals surface area (Å²) in [6, 6.07) is 6.26. The van der Waals surface area contributed by atoms with E-state index in [9.17, 15) is 14.4 Å². The standard InChI is InChI=1S/C20H19ClN5O4/c21-14-9-12(10-16-18(14)24-20(29)30-16)1-2-17(27)26-8-7-25(11-15(26)19(22)28)13-3-5-23-6-4-13/h2-6,9-10,15H,1,7-8,11H2,(H2,22,28)(H,24,29). The van der Waals surface area contributed by atoms with Gasteiger partial charge in [0.25, 0.3) is 0 Å². The van der Waals surface area contributed by atoms with Gasteiger partial charge in [0.1, 0.15) is 11.6 Å². The van der Waals surface area contributed by atoms with Crippen LogP contribution >= 0.6 is 11.6 Å². The normalized spacial score (nSPS) is 16.8. The Bertz CT molecular complexity index is 1140. The molecule has 4 rings (SSSR count). The van der Waals surface area contributed by atoms with Gasteiger partial charge < -0.3 is 20.0 Å². The largest absolute Gasteiger partial charge is 0.417 e. The third-order valence-corrected chi connectivity index (χ3v) is 5.37. The number of aromatic amines is 1. The van der Waals surface area contributed by atoms with Crippen LogP contribution in [-0.2, 0) is 16.0 Å². The molecule has 1 saturated heterocycles. The average Bonchev–Trinajstić information content (AvgIpc) is 3.13. The van der Waals surface area contributed by atoms with Gasteiger partial charge in [-0.25, -0.2) is 4.79 Å². The van der Waals surface area contributed by atoms with Crippen molar-refractivity contribution in [2.75, 3.05) is 24.5 Å². The van der Waals surface area contributed by atoms with Gasteiger partial charge in [0.15, 0.2) is 5.58 Å². The number of halogens is 1. The van der Waals surface area contributed by atoms with Crippen LogP contribution in [-0.4, -0.2) is 52.4 Å². The fourth-order valence-corrected chi connectivity index (χ4v) is 3.86. The van der Waals surface area contributed by atoms with Gasteiger partial charge >= 0.3 is 5.76 Å². The number of rotatable bonds is 5. The lowest BCUT2D eigenvalue weighted by Gasteiger charge is -2.41. The zero-order chi connectivity index (χ0) is 21.3. The minimum atomic E-state index is -0.746. The van der Waals surface area contributed by atoms with Gasteiger partial charge in [-0.2, -0.15) is 0 Å². The summed E-state index contributed by atoms with van der Waals surface area (Å²) in [7, 11) is 0. The molecule has 3 heterocycles. The first-order valence-electron chi connectivity index (χ1n) is 9.31. The van der Waals surface area contributed by atoms with Crippen molar-refractivity contribution >= 4 is 40.2 Å². The van der Waals surface area contributed by atoms with Crippen LogP contribution in [0, 0.1) is 6.42 Å². The first-order valence-corrected chi connectivity index (χ1v) is 9.69. The third-order valence-electron chi connectivity index (χ3n) is 5.08. The van der Waals surface area contributed by atoms with E-state index in [0.717, 1.165) is 5.69 Å². The number of benzene rings is 1. The molecule has 10 heteroatoms. The summed E-state index contributed by atoms with van der Waals surface area (Å²) < 4.78 is 5.04. The monoisotopic (exact) mass is 428 g/mol. The van der Waals surface area contributed by atoms with Gasteiger partial charge in [0, 0.05) is 37.7 Å². The third kappa shape index (κ3) is 4.02. The number of nitrogens with zero attached hydrogens (tertiary/aromatic N) is 3. The summed E-state index contributed by atoms with van der Waals surface area (Å²) >= 11 is 6.17. The highest BCUT2D eigenvalue weighted by molar-refractivity contribution is 6.34. The van der Waals surface area contributed by atoms with E-state index in [2.05, 4.69) is 9.97 Å². The van der Waals surface area contributed by atoms with Crippen LogP contribution in [0.3, 0.4) is 0 Å². The van der Waals surface area contributed by atoms with Crippen LogP contribution in [0.1, 0.15) is 5.56 Å². The molecule has 1 aliphatic heterocycles. The Balaban J connectivity index is 1.45. The predicted molar refractivity (Wildman–Crippen MR) is 111 cm³/mol. The Labute approximate surface area is 176 Å². The van der Waals surface area contributed by atoms with E-state index in [1.54, 1.807) is 24.5 Å². The predicted octanol–water partition coefficient (Wildman–Crippen LogP) is 1.12. The maximum Gasteiger partial charge on any atom is 0.417 e. The zero-order valence-electron chi connectivity index (χ0n) is 15.9. The number of fused-ring (bicyclic) bond motifs is 1. The molecular formula is C20H19ClN5O4. The lowest BCUT2D eigenvalue weighted by molar-refractivity contribution is -0.137. The van der Waals surface area contributed by atoms with E-state index < -0.39 is 17.7 Å². The Morgan fingerprint density at radius 1 is 1.30 bits per heavy atom. The number of nitrogens with one attached hydrogen (secondary N) is 1. The fourth-order valence-electron chi connectivity index (χ4n) is 3.58. The van der Waals surface area contributed by atoms with Gasteiger partial charge in [0.2, 0.25) is 11.8 Å². The van der Waals surface area contributed by atoms with Crippen LogP contribution < -0.4 is 16.4 Å². The van der Waals surface area contributed by atoms with Crippen molar-refractivity contribution < 1.29 is 14.0 Å². The molecule has 3 N–H and O–H groups in total. The molecule has 0 spiro atoms. The summed E-state index contributed by atoms with van der Waals surface area (Å²) in [5.41, 5.74) is 7.94. The molecule has 3 aromatic rings. The van der Waals surface area contributed by atoms with Crippen LogP contribution in [0.2, 0.25) is 5.02 Å². The molecule has 9 nitrogen and oxygen atoms in total. The topological polar surface area (TPSA) is 126 Å². The number of aromatic nitrogens is 2. The van der Waals surface area contributed by atoms with Crippen LogP contribution in [0.25, 0.3) is 11.1 Å². The maximum absolute atomic E-state index is 12.8. The number of primary amides is 1. The van der Waals surface area contributed by atoms with Crippen LogP contribution in [0.5, 0.6) is 0 Å². The minimum absolute atomic E-state index is 0.263. The van der Waals surface area contributed by atoms with Crippen molar-refractivity contribution in [3.8, 4) is 0 Å². The summed E-state index contributed by atoms with van der Waals surface area (Å²) in [6.45, 7) is 1.24. The molecule has 1 fully saturated rings. The minimum Gasteiger partial charge on any atom is -0.408 e. The van der Waals surface area contributed by atoms with Gasteiger partial charge in [-0.15, -0.1) is 0 Å². The number of piperazine rings is 1. The number of oxazole rings is 1. The molecule has 0 aliphatic carbocycles. The van der Waals surface area contributed by atoms with E-state index in [0.29, 0.717) is 41.3 Å². The van der Waals surface area contributed by atoms with Crippen molar-refractivity contribution in [2.24, 2.45) is 5.73 Å². The first-order chi connectivity index (χ1) is 14.4. The second-order valence-corrected chi connectivity index (χ2v) is 7.38. The van der Waals surface area contributed by atoms with Crippen LogP contribution in [0.4, 0.5) is 5.69 Å². The van der Waals surface area contributed by atoms with Gasteiger partial charge in [-0.3, -0.25) is 19.6 Å². The number of hydrogen-bond donors (Lipinski definition) is 2. The Morgan fingerprint density at radius 2 is 2.07 bits per heavy atom. The number of carbonyl (C=O) groups excluding carboxylic acids is 2. The Hall–Kier alpha value is -3.33. The van der Waals surface area contributed by atoms with Crippen molar-refractivity contribution in [3.63, 3.8) is 0 Å². The van der Waals surface area contributed by atoms with E-state index >= 15 is 0 Å². The number of amides is 2. The highest BCUT2D eigenvalue weighted by Crippen LogP contribution is 2.24. The van der Waals surface area contributed by atoms with E-state index in [1.807, 2.05) is 17.0 Å². The molecule has 155 valence electrons. The molecular weight excluding hydrogens is 410 g/mol. The number of anilines is 1. The summed E-state index contributed by atoms with van der Waals surface area (Å²) in [6.07, 6.45) is 5.09. The van der Waals surface area contributed by atoms with Crippen molar-refractivity contribution in [1.29, 1.82) is 0 Å². The van der Waals surface area contributed by atoms with Crippen LogP contribution in [0.15, 0.2) is 45.9 Å². The molecule has 30 heavy (non-hydrogen) atoms. The van der Waals surface area contributed by atoms with Crippen molar-refractivity contribution in [1.82, 2.24) is 14.9 Å². The molecule has 1 aromatic carbocycles. The second kappa shape index (κ2) is 8.19. The van der Waals surface area contributed by atoms with E-state index in [1.165, 1.54) is 11.3 Å². The molecule has 1 radical (unpaired) electrons. The molecule has 2 amide bonds. The van der Waals surface area contributed by atoms with Gasteiger partial charge in [-0.05, 0) is 36.2 Å². The fraction of sp³-hybridized carbons (Fsp3) is 0.250. The molecule has 2 aromatic heterocycles.